The number of amides is 3. The van der Waals surface area contributed by atoms with E-state index in [4.69, 9.17) is 4.89 Å². The first kappa shape index (κ1) is 41.2. The average molecular weight is 707 g/mol. The van der Waals surface area contributed by atoms with E-state index in [9.17, 15) is 33.5 Å². The quantitative estimate of drug-likeness (QED) is 0.0970. The SMILES string of the molecule is CCC(c1ccc(N(CC(C)C)CC(C)C)c(NC(=O)Nc2ccc(C)cc2)c1)C(C)(C(=O)OOC(C)=O)N(C)C(=O)C(C)OP(=O)(O)O. The van der Waals surface area contributed by atoms with Crippen molar-refractivity contribution in [2.45, 2.75) is 86.3 Å². The highest BCUT2D eigenvalue weighted by Gasteiger charge is 2.51. The molecule has 0 radical (unpaired) electrons. The van der Waals surface area contributed by atoms with Gasteiger partial charge < -0.3 is 30.2 Å². The molecule has 2 rings (SSSR count). The van der Waals surface area contributed by atoms with Gasteiger partial charge >= 0.3 is 25.8 Å². The number of carbonyl (C=O) groups excluding carboxylic acids is 4. The van der Waals surface area contributed by atoms with Crippen LogP contribution in [-0.4, -0.2) is 70.3 Å². The number of phosphoric ester groups is 1. The topological polar surface area (TPSA) is 184 Å². The van der Waals surface area contributed by atoms with Crippen molar-refractivity contribution in [2.75, 3.05) is 35.7 Å². The zero-order valence-electron chi connectivity index (χ0n) is 30.0. The van der Waals surface area contributed by atoms with Gasteiger partial charge in [-0.15, -0.1) is 0 Å². The normalized spacial score (nSPS) is 14.0. The first-order valence-electron chi connectivity index (χ1n) is 16.1. The lowest BCUT2D eigenvalue weighted by Crippen LogP contribution is -2.59. The molecule has 2 aromatic rings. The Kier molecular flexibility index (Phi) is 14.8. The molecule has 0 aliphatic rings. The van der Waals surface area contributed by atoms with Gasteiger partial charge in [-0.05, 0) is 68.9 Å². The van der Waals surface area contributed by atoms with E-state index in [1.807, 2.05) is 25.1 Å². The standard InChI is InChI=1S/C34H51N4O10P/c1-11-28(34(9,32(41)47-46-25(8)39)37(10)31(40)24(7)48-49(43,44)45)26-14-17-30(38(19-21(2)3)20-22(4)5)29(18-26)36-33(42)35-27-15-12-23(6)13-16-27/h12-18,21-22,24,28H,11,19-20H2,1-10H3,(H2,35,36,42)(H2,43,44,45). The molecule has 0 saturated heterocycles. The van der Waals surface area contributed by atoms with Gasteiger partial charge in [0.05, 0.1) is 11.4 Å². The molecule has 2 aromatic carbocycles. The van der Waals surface area contributed by atoms with Crippen molar-refractivity contribution in [3.63, 3.8) is 0 Å². The van der Waals surface area contributed by atoms with Gasteiger partial charge in [0.15, 0.2) is 0 Å². The molecular formula is C34H51N4O10P. The zero-order valence-corrected chi connectivity index (χ0v) is 30.9. The molecule has 0 heterocycles. The monoisotopic (exact) mass is 706 g/mol. The maximum Gasteiger partial charge on any atom is 0.470 e. The van der Waals surface area contributed by atoms with E-state index in [0.29, 0.717) is 30.0 Å². The lowest BCUT2D eigenvalue weighted by molar-refractivity contribution is -0.265. The van der Waals surface area contributed by atoms with Crippen molar-refractivity contribution < 1.29 is 47.8 Å². The molecule has 0 aliphatic heterocycles. The average Bonchev–Trinajstić information content (AvgIpc) is 2.98. The predicted octanol–water partition coefficient (Wildman–Crippen LogP) is 5.99. The number of benzene rings is 2. The van der Waals surface area contributed by atoms with Crippen LogP contribution >= 0.6 is 7.82 Å². The third-order valence-electron chi connectivity index (χ3n) is 7.90. The smallest absolute Gasteiger partial charge is 0.369 e. The molecule has 3 amide bonds. The number of urea groups is 1. The number of likely N-dealkylation sites (N-methyl/N-ethyl adjacent to an activating group) is 1. The summed E-state index contributed by atoms with van der Waals surface area (Å²) < 4.78 is 16.1. The Hall–Kier alpha value is -3.97. The molecular weight excluding hydrogens is 655 g/mol. The summed E-state index contributed by atoms with van der Waals surface area (Å²) in [5.74, 6) is -3.27. The molecule has 14 nitrogen and oxygen atoms in total. The first-order chi connectivity index (χ1) is 22.7. The van der Waals surface area contributed by atoms with Crippen molar-refractivity contribution in [3.05, 3.63) is 53.6 Å². The number of hydrogen-bond acceptors (Lipinski definition) is 9. The number of carbonyl (C=O) groups is 4. The summed E-state index contributed by atoms with van der Waals surface area (Å²) in [5, 5.41) is 5.82. The van der Waals surface area contributed by atoms with Gasteiger partial charge in [-0.2, -0.15) is 0 Å². The van der Waals surface area contributed by atoms with E-state index in [1.54, 1.807) is 31.2 Å². The Morgan fingerprint density at radius 2 is 1.49 bits per heavy atom. The minimum absolute atomic E-state index is 0.229. The molecule has 0 aromatic heterocycles. The van der Waals surface area contributed by atoms with Gasteiger partial charge in [0.25, 0.3) is 5.91 Å². The highest BCUT2D eigenvalue weighted by Crippen LogP contribution is 2.42. The van der Waals surface area contributed by atoms with E-state index in [1.165, 1.54) is 14.0 Å². The van der Waals surface area contributed by atoms with E-state index < -0.39 is 49.3 Å². The van der Waals surface area contributed by atoms with Crippen LogP contribution in [0.2, 0.25) is 0 Å². The van der Waals surface area contributed by atoms with Crippen LogP contribution in [0.5, 0.6) is 0 Å². The van der Waals surface area contributed by atoms with Crippen LogP contribution in [0.15, 0.2) is 42.5 Å². The van der Waals surface area contributed by atoms with Crippen molar-refractivity contribution in [2.24, 2.45) is 11.8 Å². The Morgan fingerprint density at radius 3 is 1.98 bits per heavy atom. The van der Waals surface area contributed by atoms with Gasteiger partial charge in [0.1, 0.15) is 11.6 Å². The summed E-state index contributed by atoms with van der Waals surface area (Å²) in [5.41, 5.74) is 1.39. The largest absolute Gasteiger partial charge is 0.470 e. The predicted molar refractivity (Wildman–Crippen MR) is 187 cm³/mol. The molecule has 15 heteroatoms. The van der Waals surface area contributed by atoms with Crippen molar-refractivity contribution in [1.29, 1.82) is 0 Å². The molecule has 0 spiro atoms. The molecule has 0 bridgehead atoms. The summed E-state index contributed by atoms with van der Waals surface area (Å²) in [4.78, 5) is 83.4. The van der Waals surface area contributed by atoms with Gasteiger partial charge in [0, 0.05) is 38.7 Å². The van der Waals surface area contributed by atoms with E-state index in [-0.39, 0.29) is 18.3 Å². The number of rotatable bonds is 15. The fourth-order valence-corrected chi connectivity index (χ4v) is 6.13. The summed E-state index contributed by atoms with van der Waals surface area (Å²) in [6.07, 6.45) is -1.43. The van der Waals surface area contributed by atoms with Crippen LogP contribution in [0.25, 0.3) is 0 Å². The molecule has 0 saturated carbocycles. The summed E-state index contributed by atoms with van der Waals surface area (Å²) in [6.45, 7) is 17.0. The summed E-state index contributed by atoms with van der Waals surface area (Å²) in [6, 6.07) is 12.2. The van der Waals surface area contributed by atoms with Crippen LogP contribution in [0.1, 0.15) is 78.9 Å². The first-order valence-corrected chi connectivity index (χ1v) is 17.7. The van der Waals surface area contributed by atoms with Gasteiger partial charge in [0.2, 0.25) is 0 Å². The number of nitrogens with zero attached hydrogens (tertiary/aromatic N) is 2. The van der Waals surface area contributed by atoms with E-state index in [2.05, 4.69) is 52.6 Å². The van der Waals surface area contributed by atoms with E-state index >= 15 is 0 Å². The van der Waals surface area contributed by atoms with Gasteiger partial charge in [-0.1, -0.05) is 58.4 Å². The number of nitrogens with one attached hydrogen (secondary N) is 2. The van der Waals surface area contributed by atoms with Crippen LogP contribution in [0.3, 0.4) is 0 Å². The minimum Gasteiger partial charge on any atom is -0.369 e. The highest BCUT2D eigenvalue weighted by molar-refractivity contribution is 7.46. The molecule has 4 N–H and O–H groups in total. The highest BCUT2D eigenvalue weighted by atomic mass is 31.2. The third-order valence-corrected chi connectivity index (χ3v) is 8.49. The van der Waals surface area contributed by atoms with E-state index in [0.717, 1.165) is 30.0 Å². The maximum absolute atomic E-state index is 13.7. The van der Waals surface area contributed by atoms with Crippen LogP contribution in [-0.2, 0) is 33.2 Å². The Bertz CT molecular complexity index is 1500. The lowest BCUT2D eigenvalue weighted by atomic mass is 9.77. The molecule has 3 atom stereocenters. The summed E-state index contributed by atoms with van der Waals surface area (Å²) >= 11 is 0. The van der Waals surface area contributed by atoms with Gasteiger partial charge in [-0.25, -0.2) is 28.7 Å². The second-order valence-electron chi connectivity index (χ2n) is 13.1. The molecule has 272 valence electrons. The second kappa shape index (κ2) is 17.6. The van der Waals surface area contributed by atoms with Crippen molar-refractivity contribution in [1.82, 2.24) is 4.90 Å². The lowest BCUT2D eigenvalue weighted by Gasteiger charge is -2.42. The number of aryl methyl sites for hydroxylation is 1. The number of phosphoric acid groups is 1. The van der Waals surface area contributed by atoms with Gasteiger partial charge in [-0.3, -0.25) is 9.32 Å². The molecule has 3 unspecified atom stereocenters. The molecule has 0 aliphatic carbocycles. The second-order valence-corrected chi connectivity index (χ2v) is 14.3. The fraction of sp³-hybridized carbons (Fsp3) is 0.529. The van der Waals surface area contributed by atoms with Crippen LogP contribution in [0.4, 0.5) is 21.9 Å². The zero-order chi connectivity index (χ0) is 37.3. The Morgan fingerprint density at radius 1 is 0.918 bits per heavy atom. The summed E-state index contributed by atoms with van der Waals surface area (Å²) in [7, 11) is -3.81. The number of hydrogen-bond donors (Lipinski definition) is 4. The third kappa shape index (κ3) is 11.8. The Balaban J connectivity index is 2.74. The Labute approximate surface area is 288 Å². The maximum atomic E-state index is 13.7. The molecule has 0 fully saturated rings. The van der Waals surface area contributed by atoms with Crippen LogP contribution in [0, 0.1) is 18.8 Å². The minimum atomic E-state index is -5.07. The van der Waals surface area contributed by atoms with Crippen LogP contribution < -0.4 is 15.5 Å². The van der Waals surface area contributed by atoms with Crippen molar-refractivity contribution >= 4 is 48.8 Å². The van der Waals surface area contributed by atoms with Crippen molar-refractivity contribution in [3.8, 4) is 0 Å². The number of anilines is 3. The molecule has 49 heavy (non-hydrogen) atoms. The fourth-order valence-electron chi connectivity index (χ4n) is 5.62.